The number of aliphatic carboxylic acids is 1. The zero-order chi connectivity index (χ0) is 16.2. The van der Waals surface area contributed by atoms with E-state index in [0.29, 0.717) is 0 Å². The lowest BCUT2D eigenvalue weighted by atomic mass is 10.1. The van der Waals surface area contributed by atoms with Crippen LogP contribution in [0.5, 0.6) is 0 Å². The molecule has 0 aliphatic carbocycles. The fourth-order valence-corrected chi connectivity index (χ4v) is 4.96. The van der Waals surface area contributed by atoms with E-state index in [1.54, 1.807) is 23.1 Å². The highest BCUT2D eigenvalue weighted by molar-refractivity contribution is 8.00. The summed E-state index contributed by atoms with van der Waals surface area (Å²) in [4.78, 5) is 25.3. The Bertz CT molecular complexity index is 699. The van der Waals surface area contributed by atoms with Gasteiger partial charge in [0.1, 0.15) is 11.3 Å². The molecule has 6 heteroatoms. The first-order valence-corrected chi connectivity index (χ1v) is 9.33. The van der Waals surface area contributed by atoms with Gasteiger partial charge in [-0.05, 0) is 34.7 Å². The summed E-state index contributed by atoms with van der Waals surface area (Å²) in [5.74, 6) is -0.326. The quantitative estimate of drug-likeness (QED) is 0.873. The van der Waals surface area contributed by atoms with E-state index >= 15 is 0 Å². The van der Waals surface area contributed by atoms with Gasteiger partial charge in [-0.25, -0.2) is 4.79 Å². The number of hydrogen-bond donors (Lipinski definition) is 2. The SMILES string of the molecule is O=C(N[C@@H](Cc1ccccc1)C(=O)O)C1SCCc2sccc21. The number of aryl methyl sites for hydroxylation is 1. The van der Waals surface area contributed by atoms with Crippen LogP contribution in [0.15, 0.2) is 41.8 Å². The van der Waals surface area contributed by atoms with Crippen LogP contribution >= 0.6 is 23.1 Å². The monoisotopic (exact) mass is 347 g/mol. The molecule has 1 unspecified atom stereocenters. The standard InChI is InChI=1S/C17H17NO3S2/c19-16(15-12-6-8-22-14(12)7-9-23-15)18-13(17(20)21)10-11-4-2-1-3-5-11/h1-6,8,13,15H,7,9-10H2,(H,18,19)(H,20,21)/t13-,15?/m0/s1. The van der Waals surface area contributed by atoms with E-state index < -0.39 is 12.0 Å². The molecule has 1 aliphatic heterocycles. The molecule has 23 heavy (non-hydrogen) atoms. The van der Waals surface area contributed by atoms with E-state index in [9.17, 15) is 14.7 Å². The average Bonchev–Trinajstić information content (AvgIpc) is 3.03. The molecule has 0 fully saturated rings. The lowest BCUT2D eigenvalue weighted by Crippen LogP contribution is -2.44. The molecule has 2 N–H and O–H groups in total. The number of fused-ring (bicyclic) bond motifs is 1. The maximum absolute atomic E-state index is 12.6. The largest absolute Gasteiger partial charge is 0.480 e. The number of carbonyl (C=O) groups excluding carboxylic acids is 1. The number of benzene rings is 1. The predicted molar refractivity (Wildman–Crippen MR) is 92.9 cm³/mol. The fraction of sp³-hybridized carbons (Fsp3) is 0.294. The topological polar surface area (TPSA) is 66.4 Å². The van der Waals surface area contributed by atoms with Gasteiger partial charge in [-0.1, -0.05) is 30.3 Å². The van der Waals surface area contributed by atoms with E-state index in [0.717, 1.165) is 23.3 Å². The van der Waals surface area contributed by atoms with E-state index in [2.05, 4.69) is 5.32 Å². The Morgan fingerprint density at radius 2 is 2.04 bits per heavy atom. The van der Waals surface area contributed by atoms with Crippen LogP contribution < -0.4 is 5.32 Å². The van der Waals surface area contributed by atoms with Crippen molar-refractivity contribution in [2.24, 2.45) is 0 Å². The van der Waals surface area contributed by atoms with E-state index in [-0.39, 0.29) is 17.6 Å². The lowest BCUT2D eigenvalue weighted by Gasteiger charge is -2.23. The van der Waals surface area contributed by atoms with Crippen LogP contribution in [0.25, 0.3) is 0 Å². The van der Waals surface area contributed by atoms with Crippen LogP contribution in [0.4, 0.5) is 0 Å². The first-order chi connectivity index (χ1) is 11.1. The molecule has 0 radical (unpaired) electrons. The van der Waals surface area contributed by atoms with Crippen LogP contribution in [-0.4, -0.2) is 28.8 Å². The molecule has 1 amide bonds. The molecule has 2 heterocycles. The summed E-state index contributed by atoms with van der Waals surface area (Å²) in [6, 6.07) is 10.4. The first-order valence-electron chi connectivity index (χ1n) is 7.40. The molecule has 2 atom stereocenters. The lowest BCUT2D eigenvalue weighted by molar-refractivity contribution is -0.141. The number of carbonyl (C=O) groups is 2. The summed E-state index contributed by atoms with van der Waals surface area (Å²) < 4.78 is 0. The minimum Gasteiger partial charge on any atom is -0.480 e. The Labute approximate surface area is 142 Å². The van der Waals surface area contributed by atoms with Gasteiger partial charge < -0.3 is 10.4 Å². The Kier molecular flexibility index (Phi) is 5.03. The summed E-state index contributed by atoms with van der Waals surface area (Å²) in [5.41, 5.74) is 1.93. The second kappa shape index (κ2) is 7.19. The van der Waals surface area contributed by atoms with Gasteiger partial charge >= 0.3 is 5.97 Å². The van der Waals surface area contributed by atoms with Gasteiger partial charge in [-0.3, -0.25) is 4.79 Å². The number of nitrogens with one attached hydrogen (secondary N) is 1. The highest BCUT2D eigenvalue weighted by Crippen LogP contribution is 2.39. The highest BCUT2D eigenvalue weighted by Gasteiger charge is 2.31. The molecule has 1 aromatic carbocycles. The molecule has 2 aromatic rings. The number of thioether (sulfide) groups is 1. The zero-order valence-electron chi connectivity index (χ0n) is 12.4. The molecule has 0 saturated heterocycles. The number of carboxylic acids is 1. The Balaban J connectivity index is 1.71. The van der Waals surface area contributed by atoms with Crippen molar-refractivity contribution in [2.45, 2.75) is 24.1 Å². The van der Waals surface area contributed by atoms with Crippen LogP contribution in [0.3, 0.4) is 0 Å². The third-order valence-electron chi connectivity index (χ3n) is 3.81. The molecule has 1 aliphatic rings. The number of carboxylic acid groups (broad SMARTS) is 1. The molecule has 4 nitrogen and oxygen atoms in total. The molecule has 0 saturated carbocycles. The average molecular weight is 347 g/mol. The Morgan fingerprint density at radius 1 is 1.26 bits per heavy atom. The number of amides is 1. The summed E-state index contributed by atoms with van der Waals surface area (Å²) in [6.07, 6.45) is 1.27. The van der Waals surface area contributed by atoms with E-state index in [4.69, 9.17) is 0 Å². The van der Waals surface area contributed by atoms with Crippen molar-refractivity contribution in [1.29, 1.82) is 0 Å². The highest BCUT2D eigenvalue weighted by atomic mass is 32.2. The van der Waals surface area contributed by atoms with Gasteiger partial charge in [0, 0.05) is 11.3 Å². The Hall–Kier alpha value is -1.79. The minimum absolute atomic E-state index is 0.210. The summed E-state index contributed by atoms with van der Waals surface area (Å²) >= 11 is 3.25. The maximum atomic E-state index is 12.6. The second-order valence-electron chi connectivity index (χ2n) is 5.39. The summed E-state index contributed by atoms with van der Waals surface area (Å²) in [5, 5.41) is 13.8. The first kappa shape index (κ1) is 16.1. The van der Waals surface area contributed by atoms with Gasteiger partial charge in [0.2, 0.25) is 5.91 Å². The van der Waals surface area contributed by atoms with Gasteiger partial charge in [0.05, 0.1) is 0 Å². The van der Waals surface area contributed by atoms with Gasteiger partial charge in [-0.2, -0.15) is 0 Å². The molecule has 120 valence electrons. The van der Waals surface area contributed by atoms with Crippen LogP contribution in [-0.2, 0) is 22.4 Å². The van der Waals surface area contributed by atoms with Crippen LogP contribution in [0.2, 0.25) is 0 Å². The van der Waals surface area contributed by atoms with Gasteiger partial charge in [-0.15, -0.1) is 23.1 Å². The van der Waals surface area contributed by atoms with E-state index in [1.807, 2.05) is 41.8 Å². The van der Waals surface area contributed by atoms with Crippen molar-refractivity contribution in [1.82, 2.24) is 5.32 Å². The van der Waals surface area contributed by atoms with Crippen molar-refractivity contribution in [2.75, 3.05) is 5.75 Å². The second-order valence-corrected chi connectivity index (χ2v) is 7.60. The maximum Gasteiger partial charge on any atom is 0.326 e. The number of thiophene rings is 1. The predicted octanol–water partition coefficient (Wildman–Crippen LogP) is 2.89. The number of hydrogen-bond acceptors (Lipinski definition) is 4. The molecular formula is C17H17NO3S2. The summed E-state index contributed by atoms with van der Waals surface area (Å²) in [6.45, 7) is 0. The van der Waals surface area contributed by atoms with E-state index in [1.165, 1.54) is 4.88 Å². The van der Waals surface area contributed by atoms with Crippen molar-refractivity contribution in [3.05, 3.63) is 57.8 Å². The van der Waals surface area contributed by atoms with Gasteiger partial charge in [0.25, 0.3) is 0 Å². The molecule has 0 spiro atoms. The molecular weight excluding hydrogens is 330 g/mol. The Morgan fingerprint density at radius 3 is 2.78 bits per heavy atom. The fourth-order valence-electron chi connectivity index (χ4n) is 2.66. The smallest absolute Gasteiger partial charge is 0.326 e. The zero-order valence-corrected chi connectivity index (χ0v) is 14.0. The normalized spacial score (nSPS) is 18.0. The van der Waals surface area contributed by atoms with Crippen LogP contribution in [0, 0.1) is 0 Å². The molecule has 1 aromatic heterocycles. The number of rotatable bonds is 5. The minimum atomic E-state index is -1.01. The molecule has 0 bridgehead atoms. The third-order valence-corrected chi connectivity index (χ3v) is 6.05. The third kappa shape index (κ3) is 3.76. The van der Waals surface area contributed by atoms with Crippen molar-refractivity contribution in [3.63, 3.8) is 0 Å². The van der Waals surface area contributed by atoms with Crippen LogP contribution in [0.1, 0.15) is 21.3 Å². The van der Waals surface area contributed by atoms with Gasteiger partial charge in [0.15, 0.2) is 0 Å². The molecule has 3 rings (SSSR count). The summed E-state index contributed by atoms with van der Waals surface area (Å²) in [7, 11) is 0. The van der Waals surface area contributed by atoms with Crippen molar-refractivity contribution in [3.8, 4) is 0 Å². The van der Waals surface area contributed by atoms with Crippen molar-refractivity contribution < 1.29 is 14.7 Å². The van der Waals surface area contributed by atoms with Crippen molar-refractivity contribution >= 4 is 35.0 Å².